The van der Waals surface area contributed by atoms with Crippen molar-refractivity contribution in [2.24, 2.45) is 5.73 Å². The molecule has 3 aromatic rings. The Labute approximate surface area is 176 Å². The van der Waals surface area contributed by atoms with Gasteiger partial charge in [0.2, 0.25) is 5.91 Å². The molecule has 3 amide bonds. The molecule has 4 rings (SSSR count). The van der Waals surface area contributed by atoms with Crippen LogP contribution in [0.1, 0.15) is 42.8 Å². The van der Waals surface area contributed by atoms with Gasteiger partial charge in [0.25, 0.3) is 11.8 Å². The van der Waals surface area contributed by atoms with Crippen molar-refractivity contribution in [3.8, 4) is 0 Å². The van der Waals surface area contributed by atoms with E-state index in [1.807, 2.05) is 0 Å². The second-order valence-electron chi connectivity index (χ2n) is 6.96. The molecule has 4 N–H and O–H groups in total. The second-order valence-corrected chi connectivity index (χ2v) is 6.96. The van der Waals surface area contributed by atoms with Crippen LogP contribution in [-0.2, 0) is 0 Å². The number of benzene rings is 2. The van der Waals surface area contributed by atoms with E-state index in [9.17, 15) is 18.8 Å². The van der Waals surface area contributed by atoms with Gasteiger partial charge in [0.05, 0.1) is 11.1 Å². The maximum atomic E-state index is 14.4. The number of hydrogen-bond donors (Lipinski definition) is 3. The van der Waals surface area contributed by atoms with E-state index in [2.05, 4.69) is 15.6 Å². The highest BCUT2D eigenvalue weighted by atomic mass is 19.1. The van der Waals surface area contributed by atoms with E-state index in [1.165, 1.54) is 12.1 Å². The summed E-state index contributed by atoms with van der Waals surface area (Å²) in [6.07, 6.45) is 0.991. The molecule has 1 atom stereocenters. The summed E-state index contributed by atoms with van der Waals surface area (Å²) in [4.78, 5) is 42.5. The molecule has 0 spiro atoms. The van der Waals surface area contributed by atoms with Crippen molar-refractivity contribution >= 4 is 29.2 Å². The fourth-order valence-electron chi connectivity index (χ4n) is 3.45. The molecule has 0 saturated carbocycles. The lowest BCUT2D eigenvalue weighted by Crippen LogP contribution is -2.45. The Morgan fingerprint density at radius 1 is 1.16 bits per heavy atom. The van der Waals surface area contributed by atoms with E-state index in [1.54, 1.807) is 54.5 Å². The van der Waals surface area contributed by atoms with Gasteiger partial charge in [-0.3, -0.25) is 14.4 Å². The van der Waals surface area contributed by atoms with E-state index in [0.29, 0.717) is 22.6 Å². The molecule has 0 saturated heterocycles. The molecule has 1 aromatic heterocycles. The summed E-state index contributed by atoms with van der Waals surface area (Å²) in [6.45, 7) is 0. The number of carbonyl (C=O) groups is 3. The first-order chi connectivity index (χ1) is 14.9. The van der Waals surface area contributed by atoms with Crippen LogP contribution in [0.25, 0.3) is 0 Å². The summed E-state index contributed by atoms with van der Waals surface area (Å²) >= 11 is 0. The lowest BCUT2D eigenvalue weighted by Gasteiger charge is -2.36. The molecule has 156 valence electrons. The van der Waals surface area contributed by atoms with Gasteiger partial charge in [-0.05, 0) is 36.4 Å². The molecule has 0 aliphatic carbocycles. The zero-order valence-electron chi connectivity index (χ0n) is 16.4. The number of pyridine rings is 1. The monoisotopic (exact) mass is 419 g/mol. The number of carbonyl (C=O) groups excluding carboxylic acids is 3. The predicted octanol–water partition coefficient (Wildman–Crippen LogP) is 2.45. The second kappa shape index (κ2) is 7.86. The average Bonchev–Trinajstić information content (AvgIpc) is 2.76. The number of anilines is 2. The number of nitrogens with one attached hydrogen (secondary N) is 2. The molecule has 0 radical (unpaired) electrons. The molecule has 1 aliphatic heterocycles. The third-order valence-electron chi connectivity index (χ3n) is 5.02. The third-order valence-corrected chi connectivity index (χ3v) is 5.02. The van der Waals surface area contributed by atoms with E-state index in [0.717, 1.165) is 6.07 Å². The van der Waals surface area contributed by atoms with Crippen LogP contribution in [0, 0.1) is 5.82 Å². The molecular formula is C22H18FN5O3. The van der Waals surface area contributed by atoms with E-state index < -0.39 is 23.8 Å². The van der Waals surface area contributed by atoms with Gasteiger partial charge in [0.15, 0.2) is 0 Å². The first kappa shape index (κ1) is 20.0. The number of rotatable bonds is 4. The Hall–Kier alpha value is -4.27. The minimum absolute atomic E-state index is 0.0350. The van der Waals surface area contributed by atoms with Gasteiger partial charge < -0.3 is 21.3 Å². The number of primary amides is 1. The summed E-state index contributed by atoms with van der Waals surface area (Å²) in [5.74, 6) is -2.15. The number of amides is 3. The highest BCUT2D eigenvalue weighted by Gasteiger charge is 2.32. The van der Waals surface area contributed by atoms with Crippen molar-refractivity contribution in [2.75, 3.05) is 17.3 Å². The Kier molecular flexibility index (Phi) is 5.08. The summed E-state index contributed by atoms with van der Waals surface area (Å²) in [5, 5.41) is 5.57. The highest BCUT2D eigenvalue weighted by molar-refractivity contribution is 6.06. The van der Waals surface area contributed by atoms with Gasteiger partial charge in [0, 0.05) is 30.1 Å². The van der Waals surface area contributed by atoms with E-state index in [-0.39, 0.29) is 17.0 Å². The molecule has 1 aliphatic rings. The van der Waals surface area contributed by atoms with Crippen molar-refractivity contribution < 1.29 is 18.8 Å². The third kappa shape index (κ3) is 3.68. The fraction of sp³-hybridized carbons (Fsp3) is 0.0909. The van der Waals surface area contributed by atoms with Gasteiger partial charge in [-0.15, -0.1) is 0 Å². The molecule has 0 fully saturated rings. The summed E-state index contributed by atoms with van der Waals surface area (Å²) in [6, 6.07) is 13.6. The predicted molar refractivity (Wildman–Crippen MR) is 112 cm³/mol. The van der Waals surface area contributed by atoms with Crippen molar-refractivity contribution in [1.82, 2.24) is 10.3 Å². The fourth-order valence-corrected chi connectivity index (χ4v) is 3.45. The molecular weight excluding hydrogens is 401 g/mol. The Morgan fingerprint density at radius 2 is 1.94 bits per heavy atom. The van der Waals surface area contributed by atoms with E-state index in [4.69, 9.17) is 5.73 Å². The lowest BCUT2D eigenvalue weighted by atomic mass is 10.0. The van der Waals surface area contributed by atoms with E-state index >= 15 is 0 Å². The molecule has 9 heteroatoms. The standard InChI is InChI=1S/C22H18FN5O3/c1-28-19-15(6-4-10-25-19)22(31)27-20(28)14-5-2-3-7-17(14)26-21(30)13-9-8-12(18(24)29)11-16(13)23/h2-11,20H,1H3,(H2,24,29)(H,26,30)(H,27,31)/t20-/m0/s1. The van der Waals surface area contributed by atoms with Crippen LogP contribution in [0.4, 0.5) is 15.9 Å². The number of nitrogens with zero attached hydrogens (tertiary/aromatic N) is 2. The number of nitrogens with two attached hydrogens (primary N) is 1. The van der Waals surface area contributed by atoms with Crippen LogP contribution in [0.15, 0.2) is 60.8 Å². The zero-order chi connectivity index (χ0) is 22.1. The first-order valence-electron chi connectivity index (χ1n) is 9.35. The number of para-hydroxylation sites is 1. The quantitative estimate of drug-likeness (QED) is 0.601. The molecule has 0 bridgehead atoms. The molecule has 31 heavy (non-hydrogen) atoms. The minimum atomic E-state index is -0.868. The molecule has 2 aromatic carbocycles. The van der Waals surface area contributed by atoms with Crippen LogP contribution in [0.5, 0.6) is 0 Å². The van der Waals surface area contributed by atoms with Gasteiger partial charge in [-0.2, -0.15) is 0 Å². The van der Waals surface area contributed by atoms with Gasteiger partial charge in [-0.1, -0.05) is 18.2 Å². The SMILES string of the molecule is CN1c2ncccc2C(=O)N[C@@H]1c1ccccc1NC(=O)c1ccc(C(N)=O)cc1F. The lowest BCUT2D eigenvalue weighted by molar-refractivity contribution is 0.0926. The van der Waals surface area contributed by atoms with Crippen LogP contribution >= 0.6 is 0 Å². The van der Waals surface area contributed by atoms with Crippen molar-refractivity contribution in [3.05, 3.63) is 88.9 Å². The Bertz CT molecular complexity index is 1210. The number of hydrogen-bond acceptors (Lipinski definition) is 5. The Morgan fingerprint density at radius 3 is 2.68 bits per heavy atom. The van der Waals surface area contributed by atoms with Crippen molar-refractivity contribution in [3.63, 3.8) is 0 Å². The van der Waals surface area contributed by atoms with Crippen LogP contribution in [-0.4, -0.2) is 29.8 Å². The van der Waals surface area contributed by atoms with Crippen LogP contribution in [0.2, 0.25) is 0 Å². The largest absolute Gasteiger partial charge is 0.366 e. The summed E-state index contributed by atoms with van der Waals surface area (Å²) in [5.41, 5.74) is 6.29. The van der Waals surface area contributed by atoms with Gasteiger partial charge in [0.1, 0.15) is 17.8 Å². The molecule has 2 heterocycles. The maximum absolute atomic E-state index is 14.4. The summed E-state index contributed by atoms with van der Waals surface area (Å²) < 4.78 is 14.4. The van der Waals surface area contributed by atoms with Crippen LogP contribution < -0.4 is 21.3 Å². The smallest absolute Gasteiger partial charge is 0.258 e. The topological polar surface area (TPSA) is 117 Å². The van der Waals surface area contributed by atoms with Gasteiger partial charge >= 0.3 is 0 Å². The number of fused-ring (bicyclic) bond motifs is 1. The highest BCUT2D eigenvalue weighted by Crippen LogP contribution is 2.33. The normalized spacial score (nSPS) is 15.1. The van der Waals surface area contributed by atoms with Gasteiger partial charge in [-0.25, -0.2) is 9.37 Å². The number of aromatic nitrogens is 1. The minimum Gasteiger partial charge on any atom is -0.366 e. The average molecular weight is 419 g/mol. The number of halogens is 1. The Balaban J connectivity index is 1.65. The maximum Gasteiger partial charge on any atom is 0.258 e. The van der Waals surface area contributed by atoms with Crippen LogP contribution in [0.3, 0.4) is 0 Å². The first-order valence-corrected chi connectivity index (χ1v) is 9.35. The van der Waals surface area contributed by atoms with Crippen molar-refractivity contribution in [2.45, 2.75) is 6.17 Å². The zero-order valence-corrected chi connectivity index (χ0v) is 16.4. The molecule has 0 unspecified atom stereocenters. The molecule has 8 nitrogen and oxygen atoms in total. The van der Waals surface area contributed by atoms with Crippen molar-refractivity contribution in [1.29, 1.82) is 0 Å². The summed E-state index contributed by atoms with van der Waals surface area (Å²) in [7, 11) is 1.77.